The Kier molecular flexibility index (Phi) is 4.43. The molecule has 28 heavy (non-hydrogen) atoms. The molecule has 5 rings (SSSR count). The van der Waals surface area contributed by atoms with E-state index >= 15 is 0 Å². The summed E-state index contributed by atoms with van der Waals surface area (Å²) in [4.78, 5) is 4.95. The largest absolute Gasteiger partial charge is 0.382 e. The molecule has 2 heterocycles. The predicted octanol–water partition coefficient (Wildman–Crippen LogP) is 3.92. The van der Waals surface area contributed by atoms with Gasteiger partial charge in [0.2, 0.25) is 0 Å². The van der Waals surface area contributed by atoms with Crippen LogP contribution in [-0.4, -0.2) is 20.6 Å². The molecule has 0 saturated heterocycles. The summed E-state index contributed by atoms with van der Waals surface area (Å²) in [5.41, 5.74) is 19.1. The quantitative estimate of drug-likeness (QED) is 0.644. The molecule has 1 saturated carbocycles. The molecule has 2 aliphatic rings. The lowest BCUT2D eigenvalue weighted by Gasteiger charge is -2.24. The normalized spacial score (nSPS) is 22.2. The number of aryl methyl sites for hydroxylation is 1. The monoisotopic (exact) mass is 376 g/mol. The van der Waals surface area contributed by atoms with E-state index in [1.807, 2.05) is 16.8 Å². The Balaban J connectivity index is 1.51. The van der Waals surface area contributed by atoms with Crippen molar-refractivity contribution in [2.45, 2.75) is 63.3 Å². The van der Waals surface area contributed by atoms with Crippen molar-refractivity contribution >= 4 is 22.8 Å². The van der Waals surface area contributed by atoms with Crippen molar-refractivity contribution in [3.63, 3.8) is 0 Å². The molecule has 0 atom stereocenters. The van der Waals surface area contributed by atoms with Gasteiger partial charge in [-0.25, -0.2) is 9.50 Å². The molecular formula is C22H28N6. The van der Waals surface area contributed by atoms with Gasteiger partial charge in [0.1, 0.15) is 5.82 Å². The zero-order valence-electron chi connectivity index (χ0n) is 16.2. The van der Waals surface area contributed by atoms with Crippen molar-refractivity contribution < 1.29 is 0 Å². The van der Waals surface area contributed by atoms with Crippen LogP contribution in [-0.2, 0) is 12.8 Å². The molecule has 0 bridgehead atoms. The van der Waals surface area contributed by atoms with E-state index in [0.717, 1.165) is 61.2 Å². The van der Waals surface area contributed by atoms with Crippen LogP contribution in [0.5, 0.6) is 0 Å². The molecule has 2 aromatic heterocycles. The third kappa shape index (κ3) is 3.22. The summed E-state index contributed by atoms with van der Waals surface area (Å²) in [5.74, 6) is 0.953. The summed E-state index contributed by atoms with van der Waals surface area (Å²) in [6.07, 6.45) is 11.2. The number of aromatic nitrogens is 3. The predicted molar refractivity (Wildman–Crippen MR) is 113 cm³/mol. The SMILES string of the molecule is Nc1cc(Nc2cccc3c2CCCC3)c2nc([C@H]3CC[C@H](N)CC3)cn2n1. The van der Waals surface area contributed by atoms with Gasteiger partial charge < -0.3 is 16.8 Å². The van der Waals surface area contributed by atoms with Gasteiger partial charge >= 0.3 is 0 Å². The van der Waals surface area contributed by atoms with Gasteiger partial charge in [-0.2, -0.15) is 0 Å². The fourth-order valence-electron chi connectivity index (χ4n) is 4.76. The lowest BCUT2D eigenvalue weighted by molar-refractivity contribution is 0.391. The number of nitrogen functional groups attached to an aromatic ring is 1. The Morgan fingerprint density at radius 3 is 2.71 bits per heavy atom. The summed E-state index contributed by atoms with van der Waals surface area (Å²) < 4.78 is 1.83. The van der Waals surface area contributed by atoms with Crippen LogP contribution in [0.3, 0.4) is 0 Å². The second-order valence-electron chi connectivity index (χ2n) is 8.30. The first kappa shape index (κ1) is 17.5. The molecule has 0 spiro atoms. The van der Waals surface area contributed by atoms with Gasteiger partial charge in [0.25, 0.3) is 0 Å². The highest BCUT2D eigenvalue weighted by Gasteiger charge is 2.23. The first-order valence-corrected chi connectivity index (χ1v) is 10.5. The van der Waals surface area contributed by atoms with Crippen LogP contribution in [0.2, 0.25) is 0 Å². The van der Waals surface area contributed by atoms with Gasteiger partial charge in [0.05, 0.1) is 17.6 Å². The summed E-state index contributed by atoms with van der Waals surface area (Å²) in [5, 5.41) is 8.08. The molecule has 1 fully saturated rings. The maximum atomic E-state index is 6.11. The average molecular weight is 377 g/mol. The van der Waals surface area contributed by atoms with Crippen molar-refractivity contribution in [2.24, 2.45) is 5.73 Å². The molecule has 6 nitrogen and oxygen atoms in total. The van der Waals surface area contributed by atoms with E-state index in [1.54, 1.807) is 0 Å². The molecule has 6 heteroatoms. The highest BCUT2D eigenvalue weighted by atomic mass is 15.3. The van der Waals surface area contributed by atoms with E-state index in [-0.39, 0.29) is 0 Å². The van der Waals surface area contributed by atoms with Crippen molar-refractivity contribution in [3.05, 3.63) is 47.3 Å². The minimum absolute atomic E-state index is 0.337. The van der Waals surface area contributed by atoms with Gasteiger partial charge in [0, 0.05) is 23.7 Å². The maximum absolute atomic E-state index is 6.11. The van der Waals surface area contributed by atoms with Crippen molar-refractivity contribution in [2.75, 3.05) is 11.1 Å². The molecule has 0 amide bonds. The van der Waals surface area contributed by atoms with Crippen LogP contribution >= 0.6 is 0 Å². The number of benzene rings is 1. The smallest absolute Gasteiger partial charge is 0.177 e. The van der Waals surface area contributed by atoms with E-state index in [0.29, 0.717) is 17.8 Å². The van der Waals surface area contributed by atoms with Crippen LogP contribution in [0.4, 0.5) is 17.2 Å². The molecule has 2 aliphatic carbocycles. The van der Waals surface area contributed by atoms with Gasteiger partial charge in [-0.05, 0) is 68.6 Å². The maximum Gasteiger partial charge on any atom is 0.177 e. The number of rotatable bonds is 3. The van der Waals surface area contributed by atoms with Gasteiger partial charge in [-0.3, -0.25) is 0 Å². The number of nitrogens with two attached hydrogens (primary N) is 2. The van der Waals surface area contributed by atoms with E-state index in [9.17, 15) is 0 Å². The zero-order chi connectivity index (χ0) is 19.1. The van der Waals surface area contributed by atoms with E-state index < -0.39 is 0 Å². The second-order valence-corrected chi connectivity index (χ2v) is 8.30. The van der Waals surface area contributed by atoms with Crippen molar-refractivity contribution in [3.8, 4) is 0 Å². The third-order valence-electron chi connectivity index (χ3n) is 6.32. The highest BCUT2D eigenvalue weighted by molar-refractivity contribution is 5.77. The number of imidazole rings is 1. The fraction of sp³-hybridized carbons (Fsp3) is 0.455. The minimum atomic E-state index is 0.337. The zero-order valence-corrected chi connectivity index (χ0v) is 16.2. The summed E-state index contributed by atoms with van der Waals surface area (Å²) >= 11 is 0. The number of nitrogens with one attached hydrogen (secondary N) is 1. The number of hydrogen-bond acceptors (Lipinski definition) is 5. The lowest BCUT2D eigenvalue weighted by atomic mass is 9.85. The van der Waals surface area contributed by atoms with Crippen LogP contribution < -0.4 is 16.8 Å². The summed E-state index contributed by atoms with van der Waals surface area (Å²) in [6, 6.07) is 8.77. The number of hydrogen-bond donors (Lipinski definition) is 3. The minimum Gasteiger partial charge on any atom is -0.382 e. The Hall–Kier alpha value is -2.60. The highest BCUT2D eigenvalue weighted by Crippen LogP contribution is 2.34. The summed E-state index contributed by atoms with van der Waals surface area (Å²) in [6.45, 7) is 0. The van der Waals surface area contributed by atoms with Crippen LogP contribution in [0.1, 0.15) is 61.3 Å². The number of nitrogens with zero attached hydrogens (tertiary/aromatic N) is 3. The third-order valence-corrected chi connectivity index (χ3v) is 6.32. The van der Waals surface area contributed by atoms with Crippen LogP contribution in [0, 0.1) is 0 Å². The molecule has 3 aromatic rings. The summed E-state index contributed by atoms with van der Waals surface area (Å²) in [7, 11) is 0. The van der Waals surface area contributed by atoms with Gasteiger partial charge in [0.15, 0.2) is 5.65 Å². The number of anilines is 3. The van der Waals surface area contributed by atoms with Crippen molar-refractivity contribution in [1.29, 1.82) is 0 Å². The van der Waals surface area contributed by atoms with E-state index in [1.165, 1.54) is 24.0 Å². The lowest BCUT2D eigenvalue weighted by Crippen LogP contribution is -2.25. The van der Waals surface area contributed by atoms with Crippen molar-refractivity contribution in [1.82, 2.24) is 14.6 Å². The second kappa shape index (κ2) is 7.09. The van der Waals surface area contributed by atoms with Gasteiger partial charge in [-0.15, -0.1) is 5.10 Å². The molecule has 0 aliphatic heterocycles. The Bertz CT molecular complexity index is 1000. The Morgan fingerprint density at radius 1 is 1.04 bits per heavy atom. The average Bonchev–Trinajstić information content (AvgIpc) is 3.13. The standard InChI is InChI=1S/C22H28N6/c23-16-10-8-15(9-11-16)20-13-28-22(26-20)19(12-21(24)27-28)25-18-7-3-5-14-4-1-2-6-17(14)18/h3,5,7,12-13,15-16,25H,1-2,4,6,8-11,23H2,(H2,24,27)/t15-,16-. The van der Waals surface area contributed by atoms with Crippen LogP contribution in [0.25, 0.3) is 5.65 Å². The Labute approximate surface area is 165 Å². The fourth-order valence-corrected chi connectivity index (χ4v) is 4.76. The first-order valence-electron chi connectivity index (χ1n) is 10.5. The first-order chi connectivity index (χ1) is 13.7. The number of fused-ring (bicyclic) bond motifs is 2. The molecule has 0 radical (unpaired) electrons. The topological polar surface area (TPSA) is 94.3 Å². The molecular weight excluding hydrogens is 348 g/mol. The molecule has 5 N–H and O–H groups in total. The molecule has 0 unspecified atom stereocenters. The molecule has 1 aromatic carbocycles. The van der Waals surface area contributed by atoms with Gasteiger partial charge in [-0.1, -0.05) is 12.1 Å². The van der Waals surface area contributed by atoms with Crippen LogP contribution in [0.15, 0.2) is 30.5 Å². The Morgan fingerprint density at radius 2 is 1.86 bits per heavy atom. The van der Waals surface area contributed by atoms with E-state index in [2.05, 4.69) is 28.6 Å². The van der Waals surface area contributed by atoms with E-state index in [4.69, 9.17) is 16.5 Å². The molecule has 146 valence electrons.